The van der Waals surface area contributed by atoms with Gasteiger partial charge in [0, 0.05) is 6.61 Å². The molecular weight excluding hydrogens is 208 g/mol. The number of aliphatic hydroxyl groups is 1. The predicted molar refractivity (Wildman–Crippen MR) is 65.3 cm³/mol. The summed E-state index contributed by atoms with van der Waals surface area (Å²) in [5.74, 6) is 0. The van der Waals surface area contributed by atoms with Crippen molar-refractivity contribution in [3.05, 3.63) is 35.4 Å². The summed E-state index contributed by atoms with van der Waals surface area (Å²) < 4.78 is 0. The maximum absolute atomic E-state index is 9.06. The van der Waals surface area contributed by atoms with Crippen LogP contribution in [0.2, 0.25) is 0 Å². The zero-order valence-corrected chi connectivity index (χ0v) is 10.2. The van der Waals surface area contributed by atoms with Crippen molar-refractivity contribution >= 4 is 11.6 Å². The average Bonchev–Trinajstić information content (AvgIpc) is 2.19. The molecule has 0 spiro atoms. The molecule has 1 aromatic carbocycles. The van der Waals surface area contributed by atoms with Gasteiger partial charge in [-0.3, -0.25) is 0 Å². The van der Waals surface area contributed by atoms with Crippen LogP contribution in [0.4, 0.5) is 0 Å². The Morgan fingerprint density at radius 1 is 1.20 bits per heavy atom. The second kappa shape index (κ2) is 5.53. The van der Waals surface area contributed by atoms with Crippen molar-refractivity contribution in [1.82, 2.24) is 0 Å². The van der Waals surface area contributed by atoms with E-state index in [1.54, 1.807) is 0 Å². The van der Waals surface area contributed by atoms with E-state index < -0.39 is 4.87 Å². The second-order valence-electron chi connectivity index (χ2n) is 4.05. The largest absolute Gasteiger partial charge is 0.396 e. The first-order chi connectivity index (χ1) is 7.12. The number of rotatable bonds is 5. The Labute approximate surface area is 97.1 Å². The average molecular weight is 227 g/mol. The molecule has 0 fully saturated rings. The van der Waals surface area contributed by atoms with E-state index in [9.17, 15) is 0 Å². The molecule has 1 rings (SSSR count). The van der Waals surface area contributed by atoms with Crippen LogP contribution in [0.25, 0.3) is 0 Å². The molecular formula is C13H19ClO. The van der Waals surface area contributed by atoms with Crippen molar-refractivity contribution < 1.29 is 5.11 Å². The molecule has 0 saturated carbocycles. The fourth-order valence-corrected chi connectivity index (χ4v) is 2.24. The van der Waals surface area contributed by atoms with Crippen LogP contribution >= 0.6 is 11.6 Å². The number of aryl methyl sites for hydroxylation is 1. The molecule has 0 aliphatic carbocycles. The van der Waals surface area contributed by atoms with Gasteiger partial charge in [-0.2, -0.15) is 0 Å². The van der Waals surface area contributed by atoms with E-state index in [1.165, 1.54) is 5.56 Å². The first-order valence-corrected chi connectivity index (χ1v) is 5.87. The molecule has 1 N–H and O–H groups in total. The van der Waals surface area contributed by atoms with Crippen LogP contribution in [0.5, 0.6) is 0 Å². The van der Waals surface area contributed by atoms with Crippen molar-refractivity contribution in [3.63, 3.8) is 0 Å². The van der Waals surface area contributed by atoms with Crippen LogP contribution in [0, 0.1) is 6.92 Å². The summed E-state index contributed by atoms with van der Waals surface area (Å²) in [5.41, 5.74) is 2.35. The van der Waals surface area contributed by atoms with Crippen molar-refractivity contribution in [2.75, 3.05) is 6.61 Å². The fourth-order valence-electron chi connectivity index (χ4n) is 1.84. The zero-order valence-electron chi connectivity index (χ0n) is 9.46. The molecule has 0 bridgehead atoms. The highest BCUT2D eigenvalue weighted by molar-refractivity contribution is 6.24. The first-order valence-electron chi connectivity index (χ1n) is 5.49. The highest BCUT2D eigenvalue weighted by atomic mass is 35.5. The van der Waals surface area contributed by atoms with Crippen molar-refractivity contribution in [2.45, 2.75) is 38.0 Å². The maximum atomic E-state index is 9.06. The zero-order chi connectivity index (χ0) is 11.3. The minimum absolute atomic E-state index is 0.136. The molecule has 0 aromatic heterocycles. The lowest BCUT2D eigenvalue weighted by Gasteiger charge is -2.26. The van der Waals surface area contributed by atoms with Gasteiger partial charge in [0.15, 0.2) is 0 Å². The molecule has 1 nitrogen and oxygen atoms in total. The molecule has 1 unspecified atom stereocenters. The Morgan fingerprint density at radius 3 is 2.27 bits per heavy atom. The molecule has 0 heterocycles. The van der Waals surface area contributed by atoms with Gasteiger partial charge in [-0.1, -0.05) is 43.2 Å². The SMILES string of the molecule is CCCC(Cl)(CCO)c1ccc(C)cc1. The first kappa shape index (κ1) is 12.5. The van der Waals surface area contributed by atoms with E-state index in [1.807, 2.05) is 0 Å². The summed E-state index contributed by atoms with van der Waals surface area (Å²) in [6, 6.07) is 8.26. The summed E-state index contributed by atoms with van der Waals surface area (Å²) in [7, 11) is 0. The lowest BCUT2D eigenvalue weighted by Crippen LogP contribution is -2.20. The Morgan fingerprint density at radius 2 is 1.80 bits per heavy atom. The Hall–Kier alpha value is -0.530. The van der Waals surface area contributed by atoms with E-state index in [2.05, 4.69) is 38.1 Å². The smallest absolute Gasteiger partial charge is 0.0716 e. The molecule has 0 aliphatic rings. The summed E-state index contributed by atoms with van der Waals surface area (Å²) in [4.78, 5) is -0.392. The fraction of sp³-hybridized carbons (Fsp3) is 0.538. The molecule has 0 radical (unpaired) electrons. The van der Waals surface area contributed by atoms with E-state index in [4.69, 9.17) is 16.7 Å². The molecule has 84 valence electrons. The van der Waals surface area contributed by atoms with Crippen LogP contribution in [-0.2, 0) is 4.87 Å². The van der Waals surface area contributed by atoms with Gasteiger partial charge in [0.05, 0.1) is 4.87 Å². The molecule has 0 saturated heterocycles. The third-order valence-corrected chi connectivity index (χ3v) is 3.32. The molecule has 1 atom stereocenters. The van der Waals surface area contributed by atoms with Gasteiger partial charge >= 0.3 is 0 Å². The second-order valence-corrected chi connectivity index (χ2v) is 4.78. The van der Waals surface area contributed by atoms with Gasteiger partial charge < -0.3 is 5.11 Å². The molecule has 0 amide bonds. The molecule has 15 heavy (non-hydrogen) atoms. The summed E-state index contributed by atoms with van der Waals surface area (Å²) >= 11 is 6.56. The van der Waals surface area contributed by atoms with Gasteiger partial charge in [0.1, 0.15) is 0 Å². The number of hydrogen-bond donors (Lipinski definition) is 1. The van der Waals surface area contributed by atoms with E-state index in [0.29, 0.717) is 6.42 Å². The number of halogens is 1. The van der Waals surface area contributed by atoms with Gasteiger partial charge in [-0.15, -0.1) is 11.6 Å². The third kappa shape index (κ3) is 3.22. The van der Waals surface area contributed by atoms with Crippen LogP contribution in [0.3, 0.4) is 0 Å². The standard InChI is InChI=1S/C13H19ClO/c1-3-8-13(14,9-10-15)12-6-4-11(2)5-7-12/h4-7,15H,3,8-10H2,1-2H3. The minimum Gasteiger partial charge on any atom is -0.396 e. The monoisotopic (exact) mass is 226 g/mol. The Balaban J connectivity index is 2.92. The molecule has 2 heteroatoms. The van der Waals surface area contributed by atoms with Gasteiger partial charge in [-0.25, -0.2) is 0 Å². The summed E-state index contributed by atoms with van der Waals surface area (Å²) in [6.45, 7) is 4.31. The maximum Gasteiger partial charge on any atom is 0.0716 e. The van der Waals surface area contributed by atoms with Crippen molar-refractivity contribution in [3.8, 4) is 0 Å². The Bertz CT molecular complexity index is 286. The van der Waals surface area contributed by atoms with Crippen LogP contribution in [0.15, 0.2) is 24.3 Å². The minimum atomic E-state index is -0.392. The van der Waals surface area contributed by atoms with E-state index in [0.717, 1.165) is 18.4 Å². The van der Waals surface area contributed by atoms with E-state index in [-0.39, 0.29) is 6.61 Å². The highest BCUT2D eigenvalue weighted by Crippen LogP contribution is 2.37. The summed E-state index contributed by atoms with van der Waals surface area (Å²) in [5, 5.41) is 9.06. The topological polar surface area (TPSA) is 20.2 Å². The quantitative estimate of drug-likeness (QED) is 0.761. The Kier molecular flexibility index (Phi) is 4.62. The van der Waals surface area contributed by atoms with Crippen LogP contribution in [0.1, 0.15) is 37.3 Å². The number of alkyl halides is 1. The molecule has 1 aromatic rings. The van der Waals surface area contributed by atoms with Gasteiger partial charge in [0.2, 0.25) is 0 Å². The third-order valence-electron chi connectivity index (χ3n) is 2.72. The van der Waals surface area contributed by atoms with Crippen molar-refractivity contribution in [2.24, 2.45) is 0 Å². The van der Waals surface area contributed by atoms with E-state index >= 15 is 0 Å². The van der Waals surface area contributed by atoms with Crippen LogP contribution < -0.4 is 0 Å². The highest BCUT2D eigenvalue weighted by Gasteiger charge is 2.27. The number of benzene rings is 1. The summed E-state index contributed by atoms with van der Waals surface area (Å²) in [6.07, 6.45) is 2.54. The normalized spacial score (nSPS) is 14.9. The lowest BCUT2D eigenvalue weighted by molar-refractivity contribution is 0.261. The molecule has 0 aliphatic heterocycles. The lowest BCUT2D eigenvalue weighted by atomic mass is 9.90. The van der Waals surface area contributed by atoms with Gasteiger partial charge in [0.25, 0.3) is 0 Å². The van der Waals surface area contributed by atoms with Gasteiger partial charge in [-0.05, 0) is 25.3 Å². The van der Waals surface area contributed by atoms with Crippen LogP contribution in [-0.4, -0.2) is 11.7 Å². The number of hydrogen-bond acceptors (Lipinski definition) is 1. The predicted octanol–water partition coefficient (Wildman–Crippen LogP) is 3.61. The number of aliphatic hydroxyl groups excluding tert-OH is 1. The van der Waals surface area contributed by atoms with Crippen molar-refractivity contribution in [1.29, 1.82) is 0 Å².